The van der Waals surface area contributed by atoms with Gasteiger partial charge in [-0.15, -0.1) is 0 Å². The molecule has 1 aliphatic rings. The third kappa shape index (κ3) is 1.80. The number of rotatable bonds is 1. The molecule has 2 heterocycles. The van der Waals surface area contributed by atoms with E-state index >= 15 is 0 Å². The second kappa shape index (κ2) is 4.08. The molecule has 3 nitrogen and oxygen atoms in total. The maximum absolute atomic E-state index is 3.43. The third-order valence-corrected chi connectivity index (χ3v) is 3.77. The Labute approximate surface area is 102 Å². The Bertz CT molecular complexity index is 536. The molecule has 0 aliphatic carbocycles. The van der Waals surface area contributed by atoms with Gasteiger partial charge in [-0.2, -0.15) is 0 Å². The van der Waals surface area contributed by atoms with Gasteiger partial charge in [0.2, 0.25) is 0 Å². The van der Waals surface area contributed by atoms with Gasteiger partial charge in [0.05, 0.1) is 0 Å². The third-order valence-electron chi connectivity index (χ3n) is 3.77. The van der Waals surface area contributed by atoms with Gasteiger partial charge in [-0.25, -0.2) is 0 Å². The van der Waals surface area contributed by atoms with Gasteiger partial charge >= 0.3 is 0 Å². The number of aryl methyl sites for hydroxylation is 2. The van der Waals surface area contributed by atoms with Crippen LogP contribution in [0.4, 0.5) is 5.69 Å². The van der Waals surface area contributed by atoms with E-state index in [-0.39, 0.29) is 0 Å². The lowest BCUT2D eigenvalue weighted by atomic mass is 10.1. The molecule has 0 unspecified atom stereocenters. The van der Waals surface area contributed by atoms with E-state index in [4.69, 9.17) is 0 Å². The lowest BCUT2D eigenvalue weighted by molar-refractivity contribution is 0.589. The van der Waals surface area contributed by atoms with Crippen LogP contribution in [0.5, 0.6) is 0 Å². The second-order valence-electron chi connectivity index (χ2n) is 4.84. The van der Waals surface area contributed by atoms with Gasteiger partial charge in [-0.05, 0) is 37.6 Å². The van der Waals surface area contributed by atoms with E-state index in [9.17, 15) is 0 Å². The van der Waals surface area contributed by atoms with Crippen molar-refractivity contribution >= 4 is 16.6 Å². The number of aromatic amines is 1. The molecular weight excluding hydrogens is 210 g/mol. The zero-order valence-corrected chi connectivity index (χ0v) is 10.5. The number of benzene rings is 1. The van der Waals surface area contributed by atoms with Crippen molar-refractivity contribution in [3.05, 3.63) is 29.5 Å². The maximum Gasteiger partial charge on any atom is 0.0460 e. The highest BCUT2D eigenvalue weighted by molar-refractivity contribution is 5.87. The molecule has 17 heavy (non-hydrogen) atoms. The van der Waals surface area contributed by atoms with Gasteiger partial charge in [0.15, 0.2) is 0 Å². The van der Waals surface area contributed by atoms with Gasteiger partial charge in [0.25, 0.3) is 0 Å². The van der Waals surface area contributed by atoms with Crippen LogP contribution in [0, 0.1) is 13.8 Å². The Hall–Kier alpha value is -1.48. The van der Waals surface area contributed by atoms with E-state index < -0.39 is 0 Å². The van der Waals surface area contributed by atoms with E-state index in [0.29, 0.717) is 0 Å². The smallest absolute Gasteiger partial charge is 0.0460 e. The van der Waals surface area contributed by atoms with Crippen LogP contribution in [0.3, 0.4) is 0 Å². The number of piperazine rings is 1. The van der Waals surface area contributed by atoms with Crippen molar-refractivity contribution in [1.29, 1.82) is 0 Å². The Balaban J connectivity index is 2.02. The molecule has 1 fully saturated rings. The zero-order valence-electron chi connectivity index (χ0n) is 10.5. The molecule has 0 radical (unpaired) electrons. The van der Waals surface area contributed by atoms with Crippen LogP contribution in [0.25, 0.3) is 10.9 Å². The molecule has 3 heteroatoms. The van der Waals surface area contributed by atoms with Crippen LogP contribution >= 0.6 is 0 Å². The van der Waals surface area contributed by atoms with Crippen LogP contribution in [0.15, 0.2) is 18.2 Å². The van der Waals surface area contributed by atoms with E-state index in [1.54, 1.807) is 0 Å². The van der Waals surface area contributed by atoms with Crippen molar-refractivity contribution in [2.24, 2.45) is 0 Å². The number of anilines is 1. The van der Waals surface area contributed by atoms with Crippen molar-refractivity contribution in [2.75, 3.05) is 31.1 Å². The van der Waals surface area contributed by atoms with Crippen LogP contribution in [-0.2, 0) is 0 Å². The van der Waals surface area contributed by atoms with Crippen molar-refractivity contribution in [3.63, 3.8) is 0 Å². The number of hydrogen-bond acceptors (Lipinski definition) is 2. The molecular formula is C14H19N3. The average Bonchev–Trinajstić information content (AvgIpc) is 2.66. The highest BCUT2D eigenvalue weighted by Crippen LogP contribution is 2.26. The lowest BCUT2D eigenvalue weighted by Gasteiger charge is -2.29. The Morgan fingerprint density at radius 1 is 1.12 bits per heavy atom. The molecule has 0 atom stereocenters. The first-order valence-corrected chi connectivity index (χ1v) is 6.30. The highest BCUT2D eigenvalue weighted by atomic mass is 15.2. The first-order valence-electron chi connectivity index (χ1n) is 6.30. The Kier molecular flexibility index (Phi) is 2.56. The number of aromatic nitrogens is 1. The molecule has 2 N–H and O–H groups in total. The van der Waals surface area contributed by atoms with E-state index in [1.165, 1.54) is 27.8 Å². The zero-order chi connectivity index (χ0) is 11.8. The molecule has 0 saturated carbocycles. The van der Waals surface area contributed by atoms with Crippen LogP contribution < -0.4 is 10.2 Å². The highest BCUT2D eigenvalue weighted by Gasteiger charge is 2.12. The number of nitrogens with zero attached hydrogens (tertiary/aromatic N) is 1. The number of H-pyrrole nitrogens is 1. The summed E-state index contributed by atoms with van der Waals surface area (Å²) in [6.07, 6.45) is 0. The summed E-state index contributed by atoms with van der Waals surface area (Å²) < 4.78 is 0. The topological polar surface area (TPSA) is 31.1 Å². The maximum atomic E-state index is 3.43. The number of nitrogens with one attached hydrogen (secondary N) is 2. The predicted octanol–water partition coefficient (Wildman–Crippen LogP) is 2.19. The Morgan fingerprint density at radius 2 is 1.88 bits per heavy atom. The SMILES string of the molecule is Cc1[nH]c2ccc(N3CCNCC3)cc2c1C. The monoisotopic (exact) mass is 229 g/mol. The molecule has 1 aromatic carbocycles. The quantitative estimate of drug-likeness (QED) is 0.785. The predicted molar refractivity (Wildman–Crippen MR) is 72.9 cm³/mol. The second-order valence-corrected chi connectivity index (χ2v) is 4.84. The molecule has 90 valence electrons. The van der Waals surface area contributed by atoms with E-state index in [1.807, 2.05) is 0 Å². The molecule has 0 spiro atoms. The van der Waals surface area contributed by atoms with Crippen LogP contribution in [-0.4, -0.2) is 31.2 Å². The summed E-state index contributed by atoms with van der Waals surface area (Å²) in [6.45, 7) is 8.71. The van der Waals surface area contributed by atoms with Crippen molar-refractivity contribution in [2.45, 2.75) is 13.8 Å². The summed E-state index contributed by atoms with van der Waals surface area (Å²) in [6, 6.07) is 6.75. The summed E-state index contributed by atoms with van der Waals surface area (Å²) in [5, 5.41) is 4.75. The molecule has 1 aromatic heterocycles. The van der Waals surface area contributed by atoms with E-state index in [0.717, 1.165) is 26.2 Å². The van der Waals surface area contributed by atoms with Crippen LogP contribution in [0.1, 0.15) is 11.3 Å². The van der Waals surface area contributed by atoms with Gasteiger partial charge in [0.1, 0.15) is 0 Å². The minimum atomic E-state index is 1.09. The average molecular weight is 229 g/mol. The minimum Gasteiger partial charge on any atom is -0.369 e. The summed E-state index contributed by atoms with van der Waals surface area (Å²) in [5.41, 5.74) is 5.24. The fraction of sp³-hybridized carbons (Fsp3) is 0.429. The summed E-state index contributed by atoms with van der Waals surface area (Å²) in [4.78, 5) is 5.88. The molecule has 2 aromatic rings. The lowest BCUT2D eigenvalue weighted by Crippen LogP contribution is -2.43. The standard InChI is InChI=1S/C14H19N3/c1-10-11(2)16-14-4-3-12(9-13(10)14)17-7-5-15-6-8-17/h3-4,9,15-16H,5-8H2,1-2H3. The first-order chi connectivity index (χ1) is 8.25. The number of hydrogen-bond donors (Lipinski definition) is 2. The Morgan fingerprint density at radius 3 is 2.65 bits per heavy atom. The fourth-order valence-electron chi connectivity index (χ4n) is 2.57. The molecule has 0 bridgehead atoms. The van der Waals surface area contributed by atoms with Crippen LogP contribution in [0.2, 0.25) is 0 Å². The normalized spacial score (nSPS) is 16.7. The minimum absolute atomic E-state index is 1.09. The molecule has 0 amide bonds. The first kappa shape index (κ1) is 10.7. The fourth-order valence-corrected chi connectivity index (χ4v) is 2.57. The van der Waals surface area contributed by atoms with Gasteiger partial charge in [0, 0.05) is 48.5 Å². The molecule has 1 aliphatic heterocycles. The van der Waals surface area contributed by atoms with Gasteiger partial charge < -0.3 is 15.2 Å². The molecule has 1 saturated heterocycles. The van der Waals surface area contributed by atoms with Crippen molar-refractivity contribution < 1.29 is 0 Å². The summed E-state index contributed by atoms with van der Waals surface area (Å²) in [7, 11) is 0. The largest absolute Gasteiger partial charge is 0.369 e. The van der Waals surface area contributed by atoms with Gasteiger partial charge in [-0.1, -0.05) is 0 Å². The summed E-state index contributed by atoms with van der Waals surface area (Å²) in [5.74, 6) is 0. The summed E-state index contributed by atoms with van der Waals surface area (Å²) >= 11 is 0. The van der Waals surface area contributed by atoms with Crippen molar-refractivity contribution in [1.82, 2.24) is 10.3 Å². The van der Waals surface area contributed by atoms with Crippen molar-refractivity contribution in [3.8, 4) is 0 Å². The van der Waals surface area contributed by atoms with E-state index in [2.05, 4.69) is 47.2 Å². The molecule has 3 rings (SSSR count). The van der Waals surface area contributed by atoms with Gasteiger partial charge in [-0.3, -0.25) is 0 Å². The number of fused-ring (bicyclic) bond motifs is 1.